The molecule has 0 aliphatic carbocycles. The molecule has 7 nitrogen and oxygen atoms in total. The summed E-state index contributed by atoms with van der Waals surface area (Å²) >= 11 is 0. The van der Waals surface area contributed by atoms with E-state index >= 15 is 0 Å². The minimum atomic E-state index is -0.155. The molecular weight excluding hydrogens is 412 g/mol. The Morgan fingerprint density at radius 3 is 2.30 bits per heavy atom. The Kier molecular flexibility index (Phi) is 6.78. The number of aromatic nitrogens is 4. The number of aryl methyl sites for hydroxylation is 1. The minimum Gasteiger partial charge on any atom is -0.381 e. The summed E-state index contributed by atoms with van der Waals surface area (Å²) in [5.41, 5.74) is 10.1. The van der Waals surface area contributed by atoms with Gasteiger partial charge in [0.1, 0.15) is 17.1 Å². The molecule has 2 aromatic carbocycles. The van der Waals surface area contributed by atoms with Gasteiger partial charge in [-0.05, 0) is 38.3 Å². The Balaban J connectivity index is 1.67. The first-order valence-electron chi connectivity index (χ1n) is 11.1. The molecule has 0 aliphatic heterocycles. The van der Waals surface area contributed by atoms with Crippen LogP contribution in [0.15, 0.2) is 77.6 Å². The largest absolute Gasteiger partial charge is 0.381 e. The maximum atomic E-state index is 12.2. The second-order valence-electron chi connectivity index (χ2n) is 8.13. The van der Waals surface area contributed by atoms with Gasteiger partial charge < -0.3 is 11.1 Å². The average Bonchev–Trinajstić information content (AvgIpc) is 2.84. The van der Waals surface area contributed by atoms with E-state index < -0.39 is 0 Å². The summed E-state index contributed by atoms with van der Waals surface area (Å²) in [6.45, 7) is 4.55. The summed E-state index contributed by atoms with van der Waals surface area (Å²) in [6.07, 6.45) is 1.88. The van der Waals surface area contributed by atoms with Crippen LogP contribution in [0.5, 0.6) is 0 Å². The molecule has 168 valence electrons. The third-order valence-electron chi connectivity index (χ3n) is 5.30. The molecule has 0 atom stereocenters. The molecule has 0 radical (unpaired) electrons. The smallest absolute Gasteiger partial charge is 0.267 e. The van der Waals surface area contributed by atoms with Gasteiger partial charge in [0.25, 0.3) is 5.56 Å². The Morgan fingerprint density at radius 2 is 1.61 bits per heavy atom. The van der Waals surface area contributed by atoms with E-state index in [1.54, 1.807) is 6.07 Å². The molecule has 0 saturated carbocycles. The molecule has 0 aliphatic rings. The van der Waals surface area contributed by atoms with Crippen LogP contribution in [0.2, 0.25) is 0 Å². The zero-order chi connectivity index (χ0) is 23.2. The van der Waals surface area contributed by atoms with E-state index in [1.807, 2.05) is 62.4 Å². The lowest BCUT2D eigenvalue weighted by atomic mass is 10.1. The fraction of sp³-hybridized carbons (Fsp3) is 0.231. The summed E-state index contributed by atoms with van der Waals surface area (Å²) < 4.78 is 1.45. The van der Waals surface area contributed by atoms with Crippen LogP contribution in [0.1, 0.15) is 31.9 Å². The van der Waals surface area contributed by atoms with Gasteiger partial charge in [0.15, 0.2) is 11.6 Å². The van der Waals surface area contributed by atoms with Gasteiger partial charge in [-0.15, -0.1) is 0 Å². The summed E-state index contributed by atoms with van der Waals surface area (Å²) in [5.74, 6) is 0.844. The monoisotopic (exact) mass is 440 g/mol. The van der Waals surface area contributed by atoms with Crippen molar-refractivity contribution in [3.05, 3.63) is 88.7 Å². The molecule has 0 amide bonds. The number of rotatable bonds is 8. The Hall–Kier alpha value is -4.00. The van der Waals surface area contributed by atoms with Crippen LogP contribution < -0.4 is 16.6 Å². The fourth-order valence-electron chi connectivity index (χ4n) is 3.62. The molecule has 7 heteroatoms. The molecule has 0 fully saturated rings. The standard InChI is InChI=1S/C26H28N6O/c1-18(2)32-22(33)16-15-21(31-32)24-23(20-13-7-4-8-14-20)29-25(27)26(30-24)28-17-9-12-19-10-5-3-6-11-19/h3-8,10-11,13-16,18H,9,12,17H2,1-2H3,(H2,27,29)(H,28,30). The summed E-state index contributed by atoms with van der Waals surface area (Å²) in [6, 6.07) is 23.2. The Bertz CT molecular complexity index is 1270. The molecule has 4 rings (SSSR count). The first kappa shape index (κ1) is 22.2. The lowest BCUT2D eigenvalue weighted by molar-refractivity contribution is 0.504. The lowest BCUT2D eigenvalue weighted by Gasteiger charge is -2.15. The van der Waals surface area contributed by atoms with E-state index in [2.05, 4.69) is 27.5 Å². The quantitative estimate of drug-likeness (QED) is 0.389. The van der Waals surface area contributed by atoms with E-state index in [0.717, 1.165) is 18.4 Å². The van der Waals surface area contributed by atoms with E-state index in [1.165, 1.54) is 16.3 Å². The Morgan fingerprint density at radius 1 is 0.909 bits per heavy atom. The van der Waals surface area contributed by atoms with Crippen LogP contribution in [0.25, 0.3) is 22.6 Å². The van der Waals surface area contributed by atoms with Gasteiger partial charge in [0.2, 0.25) is 0 Å². The SMILES string of the molecule is CC(C)n1nc(-c2nc(NCCCc3ccccc3)c(N)nc2-c2ccccc2)ccc1=O. The third-order valence-corrected chi connectivity index (χ3v) is 5.30. The van der Waals surface area contributed by atoms with Crippen molar-refractivity contribution in [2.45, 2.75) is 32.7 Å². The highest BCUT2D eigenvalue weighted by Gasteiger charge is 2.18. The second kappa shape index (κ2) is 10.1. The summed E-state index contributed by atoms with van der Waals surface area (Å²) in [4.78, 5) is 21.7. The van der Waals surface area contributed by atoms with Crippen molar-refractivity contribution in [2.75, 3.05) is 17.6 Å². The first-order valence-corrected chi connectivity index (χ1v) is 11.1. The molecule has 2 aromatic heterocycles. The van der Waals surface area contributed by atoms with Crippen LogP contribution in [0.3, 0.4) is 0 Å². The van der Waals surface area contributed by atoms with Crippen LogP contribution in [0, 0.1) is 0 Å². The van der Waals surface area contributed by atoms with Gasteiger partial charge in [-0.2, -0.15) is 5.10 Å². The maximum Gasteiger partial charge on any atom is 0.267 e. The fourth-order valence-corrected chi connectivity index (χ4v) is 3.62. The van der Waals surface area contributed by atoms with Crippen molar-refractivity contribution in [3.63, 3.8) is 0 Å². The highest BCUT2D eigenvalue weighted by molar-refractivity contribution is 5.79. The van der Waals surface area contributed by atoms with Gasteiger partial charge in [0.05, 0.1) is 6.04 Å². The molecule has 0 saturated heterocycles. The highest BCUT2D eigenvalue weighted by Crippen LogP contribution is 2.31. The molecule has 0 bridgehead atoms. The van der Waals surface area contributed by atoms with Gasteiger partial charge in [-0.3, -0.25) is 4.79 Å². The summed E-state index contributed by atoms with van der Waals surface area (Å²) in [5, 5.41) is 7.89. The van der Waals surface area contributed by atoms with Crippen LogP contribution in [0.4, 0.5) is 11.6 Å². The number of nitrogen functional groups attached to an aromatic ring is 1. The number of nitrogens with zero attached hydrogens (tertiary/aromatic N) is 4. The van der Waals surface area contributed by atoms with Crippen molar-refractivity contribution >= 4 is 11.6 Å². The van der Waals surface area contributed by atoms with Gasteiger partial charge >= 0.3 is 0 Å². The van der Waals surface area contributed by atoms with E-state index in [0.29, 0.717) is 35.3 Å². The van der Waals surface area contributed by atoms with Crippen molar-refractivity contribution in [1.82, 2.24) is 19.7 Å². The molecule has 4 aromatic rings. The summed E-state index contributed by atoms with van der Waals surface area (Å²) in [7, 11) is 0. The van der Waals surface area contributed by atoms with Crippen molar-refractivity contribution in [2.24, 2.45) is 0 Å². The Labute approximate surface area is 193 Å². The number of hydrogen-bond acceptors (Lipinski definition) is 6. The van der Waals surface area contributed by atoms with Crippen molar-refractivity contribution in [1.29, 1.82) is 0 Å². The number of anilines is 2. The zero-order valence-corrected chi connectivity index (χ0v) is 18.9. The molecule has 0 unspecified atom stereocenters. The second-order valence-corrected chi connectivity index (χ2v) is 8.13. The normalized spacial score (nSPS) is 11.0. The number of hydrogen-bond donors (Lipinski definition) is 2. The van der Waals surface area contributed by atoms with Gasteiger partial charge in [0, 0.05) is 18.2 Å². The van der Waals surface area contributed by atoms with Crippen molar-refractivity contribution < 1.29 is 0 Å². The first-order chi connectivity index (χ1) is 16.0. The molecule has 2 heterocycles. The molecule has 0 spiro atoms. The maximum absolute atomic E-state index is 12.2. The van der Waals surface area contributed by atoms with Gasteiger partial charge in [-0.1, -0.05) is 60.7 Å². The van der Waals surface area contributed by atoms with Crippen LogP contribution >= 0.6 is 0 Å². The average molecular weight is 441 g/mol. The minimum absolute atomic E-state index is 0.0741. The van der Waals surface area contributed by atoms with Gasteiger partial charge in [-0.25, -0.2) is 14.6 Å². The molecule has 33 heavy (non-hydrogen) atoms. The van der Waals surface area contributed by atoms with Crippen LogP contribution in [-0.4, -0.2) is 26.3 Å². The van der Waals surface area contributed by atoms with E-state index in [9.17, 15) is 4.79 Å². The zero-order valence-electron chi connectivity index (χ0n) is 18.9. The number of nitrogens with one attached hydrogen (secondary N) is 1. The van der Waals surface area contributed by atoms with E-state index in [-0.39, 0.29) is 11.6 Å². The van der Waals surface area contributed by atoms with Crippen molar-refractivity contribution in [3.8, 4) is 22.6 Å². The lowest BCUT2D eigenvalue weighted by Crippen LogP contribution is -2.24. The van der Waals surface area contributed by atoms with E-state index in [4.69, 9.17) is 10.7 Å². The highest BCUT2D eigenvalue weighted by atomic mass is 16.1. The molecule has 3 N–H and O–H groups in total. The number of benzene rings is 2. The predicted octanol–water partition coefficient (Wildman–Crippen LogP) is 4.58. The van der Waals surface area contributed by atoms with Crippen LogP contribution in [-0.2, 0) is 6.42 Å². The number of nitrogens with two attached hydrogens (primary N) is 1. The third kappa shape index (κ3) is 5.26. The topological polar surface area (TPSA) is 98.7 Å². The predicted molar refractivity (Wildman–Crippen MR) is 133 cm³/mol. The molecular formula is C26H28N6O.